The van der Waals surface area contributed by atoms with Gasteiger partial charge in [-0.05, 0) is 30.6 Å². The van der Waals surface area contributed by atoms with Crippen molar-refractivity contribution < 1.29 is 9.59 Å². The lowest BCUT2D eigenvalue weighted by atomic mass is 9.75. The lowest BCUT2D eigenvalue weighted by molar-refractivity contribution is 0.211. The molecule has 4 heteroatoms. The highest BCUT2D eigenvalue weighted by Crippen LogP contribution is 2.62. The first-order valence-electron chi connectivity index (χ1n) is 5.24. The Labute approximate surface area is 88.5 Å². The van der Waals surface area contributed by atoms with Gasteiger partial charge in [-0.2, -0.15) is 9.98 Å². The number of hydrogen-bond donors (Lipinski definition) is 0. The molecule has 0 aromatic heterocycles. The summed E-state index contributed by atoms with van der Waals surface area (Å²) in [6.45, 7) is 4.21. The maximum Gasteiger partial charge on any atom is 0.235 e. The number of fused-ring (bicyclic) bond motifs is 2. The van der Waals surface area contributed by atoms with E-state index in [0.717, 1.165) is 19.3 Å². The Morgan fingerprint density at radius 3 is 2.53 bits per heavy atom. The Hall–Kier alpha value is -1.24. The third-order valence-electron chi connectivity index (χ3n) is 4.52. The standard InChI is InChI=1S/C11H14N2O2/c1-10(2)8-3-4-11(10,13-7-15)9(5-8)12-6-14/h8-9H,3-5H2,1-2H3. The first-order valence-corrected chi connectivity index (χ1v) is 5.24. The van der Waals surface area contributed by atoms with Crippen molar-refractivity contribution in [3.63, 3.8) is 0 Å². The van der Waals surface area contributed by atoms with Crippen molar-refractivity contribution in [3.05, 3.63) is 0 Å². The van der Waals surface area contributed by atoms with Crippen molar-refractivity contribution in [2.24, 2.45) is 21.3 Å². The van der Waals surface area contributed by atoms with E-state index in [4.69, 9.17) is 0 Å². The van der Waals surface area contributed by atoms with Gasteiger partial charge in [-0.25, -0.2) is 9.59 Å². The van der Waals surface area contributed by atoms with Gasteiger partial charge in [0.15, 0.2) is 0 Å². The molecule has 2 aliphatic rings. The maximum atomic E-state index is 10.5. The van der Waals surface area contributed by atoms with Crippen molar-refractivity contribution in [2.75, 3.05) is 0 Å². The zero-order valence-corrected chi connectivity index (χ0v) is 8.99. The van der Waals surface area contributed by atoms with Gasteiger partial charge in [0.1, 0.15) is 5.54 Å². The molecular weight excluding hydrogens is 192 g/mol. The summed E-state index contributed by atoms with van der Waals surface area (Å²) >= 11 is 0. The summed E-state index contributed by atoms with van der Waals surface area (Å²) in [7, 11) is 0. The molecule has 0 aromatic carbocycles. The number of aliphatic imine (C=N–C) groups is 2. The predicted molar refractivity (Wildman–Crippen MR) is 53.9 cm³/mol. The van der Waals surface area contributed by atoms with Crippen molar-refractivity contribution in [1.82, 2.24) is 0 Å². The molecule has 2 fully saturated rings. The van der Waals surface area contributed by atoms with E-state index < -0.39 is 5.54 Å². The van der Waals surface area contributed by atoms with Crippen LogP contribution in [0.2, 0.25) is 0 Å². The summed E-state index contributed by atoms with van der Waals surface area (Å²) in [4.78, 5) is 28.7. The summed E-state index contributed by atoms with van der Waals surface area (Å²) < 4.78 is 0. The van der Waals surface area contributed by atoms with Crippen LogP contribution in [0, 0.1) is 11.3 Å². The lowest BCUT2D eigenvalue weighted by Crippen LogP contribution is -2.43. The van der Waals surface area contributed by atoms with E-state index in [1.807, 2.05) is 0 Å². The molecule has 3 atom stereocenters. The largest absolute Gasteiger partial charge is 0.235 e. The highest BCUT2D eigenvalue weighted by atomic mass is 16.1. The zero-order valence-electron chi connectivity index (χ0n) is 8.99. The van der Waals surface area contributed by atoms with Gasteiger partial charge in [0, 0.05) is 0 Å². The fourth-order valence-corrected chi connectivity index (χ4v) is 3.48. The van der Waals surface area contributed by atoms with Gasteiger partial charge in [0.2, 0.25) is 12.2 Å². The van der Waals surface area contributed by atoms with Gasteiger partial charge in [0.05, 0.1) is 6.04 Å². The smallest absolute Gasteiger partial charge is 0.211 e. The fraction of sp³-hybridized carbons (Fsp3) is 0.818. The summed E-state index contributed by atoms with van der Waals surface area (Å²) in [5.41, 5.74) is -0.563. The van der Waals surface area contributed by atoms with Crippen LogP contribution in [0.4, 0.5) is 0 Å². The molecule has 2 bridgehead atoms. The molecule has 0 heterocycles. The summed E-state index contributed by atoms with van der Waals surface area (Å²) in [5.74, 6) is 0.497. The van der Waals surface area contributed by atoms with Gasteiger partial charge in [-0.15, -0.1) is 0 Å². The van der Waals surface area contributed by atoms with E-state index in [-0.39, 0.29) is 11.5 Å². The van der Waals surface area contributed by atoms with Crippen LogP contribution >= 0.6 is 0 Å². The van der Waals surface area contributed by atoms with Gasteiger partial charge < -0.3 is 0 Å². The Kier molecular flexibility index (Phi) is 2.14. The molecule has 80 valence electrons. The van der Waals surface area contributed by atoms with Crippen LogP contribution in [0.5, 0.6) is 0 Å². The summed E-state index contributed by atoms with van der Waals surface area (Å²) in [6, 6.07) is -0.176. The first kappa shape index (κ1) is 10.3. The minimum Gasteiger partial charge on any atom is -0.211 e. The van der Waals surface area contributed by atoms with Crippen LogP contribution in [0.15, 0.2) is 9.98 Å². The monoisotopic (exact) mass is 206 g/mol. The average molecular weight is 206 g/mol. The first-order chi connectivity index (χ1) is 7.08. The van der Waals surface area contributed by atoms with Crippen LogP contribution in [-0.4, -0.2) is 23.7 Å². The third kappa shape index (κ3) is 1.09. The van der Waals surface area contributed by atoms with E-state index in [1.54, 1.807) is 12.2 Å². The average Bonchev–Trinajstić information content (AvgIpc) is 2.53. The van der Waals surface area contributed by atoms with Crippen LogP contribution < -0.4 is 0 Å². The van der Waals surface area contributed by atoms with Crippen LogP contribution in [0.1, 0.15) is 33.1 Å². The van der Waals surface area contributed by atoms with Crippen LogP contribution in [0.3, 0.4) is 0 Å². The Morgan fingerprint density at radius 1 is 1.27 bits per heavy atom. The van der Waals surface area contributed by atoms with E-state index in [9.17, 15) is 9.59 Å². The molecule has 2 aliphatic carbocycles. The highest BCUT2D eigenvalue weighted by Gasteiger charge is 2.65. The van der Waals surface area contributed by atoms with E-state index in [1.165, 1.54) is 0 Å². The minimum atomic E-state index is -0.503. The second kappa shape index (κ2) is 3.13. The van der Waals surface area contributed by atoms with Gasteiger partial charge in [-0.3, -0.25) is 0 Å². The Bertz CT molecular complexity index is 378. The van der Waals surface area contributed by atoms with Crippen LogP contribution in [-0.2, 0) is 9.59 Å². The molecular formula is C11H14N2O2. The highest BCUT2D eigenvalue weighted by molar-refractivity contribution is 5.41. The minimum absolute atomic E-state index is 0.0601. The molecule has 2 saturated carbocycles. The molecule has 0 N–H and O–H groups in total. The van der Waals surface area contributed by atoms with Crippen molar-refractivity contribution in [3.8, 4) is 0 Å². The Morgan fingerprint density at radius 2 is 2.00 bits per heavy atom. The van der Waals surface area contributed by atoms with E-state index in [2.05, 4.69) is 23.8 Å². The van der Waals surface area contributed by atoms with E-state index in [0.29, 0.717) is 5.92 Å². The lowest BCUT2D eigenvalue weighted by Gasteiger charge is -2.34. The quantitative estimate of drug-likeness (QED) is 0.509. The second-order valence-corrected chi connectivity index (χ2v) is 5.06. The molecule has 0 amide bonds. The van der Waals surface area contributed by atoms with Gasteiger partial charge >= 0.3 is 0 Å². The number of nitrogens with zero attached hydrogens (tertiary/aromatic N) is 2. The summed E-state index contributed by atoms with van der Waals surface area (Å²) in [6.07, 6.45) is 5.99. The molecule has 3 unspecified atom stereocenters. The molecule has 0 aromatic rings. The van der Waals surface area contributed by atoms with Gasteiger partial charge in [-0.1, -0.05) is 13.8 Å². The molecule has 2 rings (SSSR count). The molecule has 0 radical (unpaired) electrons. The normalized spacial score (nSPS) is 40.7. The number of isocyanates is 2. The summed E-state index contributed by atoms with van der Waals surface area (Å²) in [5, 5.41) is 0. The maximum absolute atomic E-state index is 10.5. The third-order valence-corrected chi connectivity index (χ3v) is 4.52. The number of hydrogen-bond acceptors (Lipinski definition) is 4. The molecule has 0 saturated heterocycles. The van der Waals surface area contributed by atoms with Crippen molar-refractivity contribution in [2.45, 2.75) is 44.7 Å². The molecule has 15 heavy (non-hydrogen) atoms. The number of rotatable bonds is 2. The van der Waals surface area contributed by atoms with Crippen molar-refractivity contribution >= 4 is 12.2 Å². The fourth-order valence-electron chi connectivity index (χ4n) is 3.48. The molecule has 4 nitrogen and oxygen atoms in total. The Balaban J connectivity index is 2.50. The van der Waals surface area contributed by atoms with Crippen LogP contribution in [0.25, 0.3) is 0 Å². The second-order valence-electron chi connectivity index (χ2n) is 5.06. The topological polar surface area (TPSA) is 58.9 Å². The van der Waals surface area contributed by atoms with Gasteiger partial charge in [0.25, 0.3) is 0 Å². The van der Waals surface area contributed by atoms with E-state index >= 15 is 0 Å². The predicted octanol–water partition coefficient (Wildman–Crippen LogP) is 1.61. The number of carbonyl (C=O) groups excluding carboxylic acids is 2. The molecule has 0 spiro atoms. The van der Waals surface area contributed by atoms with Crippen molar-refractivity contribution in [1.29, 1.82) is 0 Å². The SMILES string of the molecule is CC1(C)C2CCC1(N=C=O)C(N=C=O)C2. The molecule has 0 aliphatic heterocycles. The zero-order chi connectivity index (χ0) is 11.1.